The molecule has 3 fully saturated rings. The molecular weight excluding hydrogens is 1830 g/mol. The van der Waals surface area contributed by atoms with Gasteiger partial charge in [-0.05, 0) is 147 Å². The molecule has 116 heavy (non-hydrogen) atoms. The fourth-order valence-corrected chi connectivity index (χ4v) is 20.4. The van der Waals surface area contributed by atoms with Gasteiger partial charge in [-0.1, -0.05) is 164 Å². The van der Waals surface area contributed by atoms with Crippen molar-refractivity contribution in [2.45, 2.75) is 167 Å². The smallest absolute Gasteiger partial charge is 0.0146 e. The van der Waals surface area contributed by atoms with E-state index in [0.29, 0.717) is 35.0 Å². The molecule has 0 bridgehead atoms. The number of nitro groups is 1. The quantitative estimate of drug-likeness (QED) is 0.0317. The Morgan fingerprint density at radius 1 is 0.388 bits per heavy atom. The summed E-state index contributed by atoms with van der Waals surface area (Å²) in [5, 5.41) is 10.7. The molecule has 3 aliphatic heterocycles. The molecule has 0 amide bonds. The summed E-state index contributed by atoms with van der Waals surface area (Å²) in [5.41, 5.74) is 30.2. The number of para-hydroxylation sites is 4. The van der Waals surface area contributed by atoms with Crippen LogP contribution in [-0.4, -0.2) is 102 Å². The standard InChI is InChI=1S/C27H39N2.C21H27N2.C17H19N2.C10H11NO3.2C10H13N.6ClH.3Ru/c1-18(2)22-11-9-12-23(19(3)4)26(22)28-15-16-29(17-28)27-24(20(5)6)13-10-14-25(27)21(7)8;1-14-9-16(3)20(17(4)10-14)22-7-8-23(13-22)21-18(5)11-15(2)12-19(21)6;1-14-7-3-5-9-16(14)18-11-12-19(13-18)17-10-6-4-8-15(17)2;1-7(2)14-10-5-4-9(11(12)13)6-8(10)3;2*1-9-6-4-5-7-10(9)8-11(2)3;;;;;;;;;/h9-14,17-21H,15-16H2,1-8H3;9-13H,7-8H2,1-6H3;3-10,13H,11-12H2,1-2H3;3-7H,1-2H3;2*1,4-7H,8H2,2-3H3;6*1H;;;/q3*-1;;;;;;;;;;3*+2/p-6. The molecule has 3 heterocycles. The molecule has 9 aromatic carbocycles. The van der Waals surface area contributed by atoms with Gasteiger partial charge in [-0.2, -0.15) is 20.0 Å². The molecule has 0 aromatic heterocycles. The second kappa shape index (κ2) is 47.4. The number of ether oxygens (including phenoxy) is 1. The van der Waals surface area contributed by atoms with Crippen LogP contribution in [0.2, 0.25) is 0 Å². The van der Waals surface area contributed by atoms with Crippen LogP contribution in [0, 0.1) is 85.5 Å². The number of anilines is 6. The SMILES string of the molecule is CC(C)Oc1ccc([N+](=O)[O-])cc1[CH]=[Ru]([Cl])[Cl].CC(C)c1cccc(C(C)C)c1N1[CH-]N(c2c(C(C)C)cccc2C(C)C)CC1.CN(C)Cc1ccccc1[CH]=[Ru]([Cl])[Cl].CN(C)Cc1ccccc1[CH]=[Ru]([Cl])[Cl].Cc1cc(C)c(N2[CH-]N(c3c(C)cc(C)cc3C)CC2)c(C)c1.Cc1ccccc1N1[CH-]N(c2ccccc2C)CC1. The van der Waals surface area contributed by atoms with E-state index in [-0.39, 0.29) is 11.8 Å². The average molecular weight is 1950 g/mol. The summed E-state index contributed by atoms with van der Waals surface area (Å²) in [6.45, 7) is 54.7. The minimum atomic E-state index is -2.05. The average Bonchev–Trinajstić information content (AvgIpc) is 1.57. The van der Waals surface area contributed by atoms with Crippen LogP contribution >= 0.6 is 58.1 Å². The van der Waals surface area contributed by atoms with E-state index < -0.39 is 45.5 Å². The topological polar surface area (TPSA) is 78.3 Å². The first-order valence-electron chi connectivity index (χ1n) is 39.5. The number of hydrogen-bond acceptors (Lipinski definition) is 11. The minimum absolute atomic E-state index is 0.00360. The number of rotatable bonds is 20. The largest absolute Gasteiger partial charge is 0.502 e. The summed E-state index contributed by atoms with van der Waals surface area (Å²) < 4.78 is 11.2. The summed E-state index contributed by atoms with van der Waals surface area (Å²) in [4.78, 5) is 29.0. The van der Waals surface area contributed by atoms with Crippen LogP contribution in [-0.2, 0) is 53.6 Å². The van der Waals surface area contributed by atoms with Gasteiger partial charge in [0.05, 0.1) is 0 Å². The first-order chi connectivity index (χ1) is 54.9. The molecule has 3 aliphatic rings. The van der Waals surface area contributed by atoms with Crippen molar-refractivity contribution in [3.05, 3.63) is 301 Å². The van der Waals surface area contributed by atoms with Gasteiger partial charge in [0.1, 0.15) is 0 Å². The fourth-order valence-electron chi connectivity index (χ4n) is 14.8. The minimum Gasteiger partial charge on any atom is -0.502 e. The molecule has 0 unspecified atom stereocenters. The maximum atomic E-state index is 10.7. The van der Waals surface area contributed by atoms with Crippen molar-refractivity contribution in [2.75, 3.05) is 96.9 Å². The van der Waals surface area contributed by atoms with E-state index in [1.165, 1.54) is 135 Å². The van der Waals surface area contributed by atoms with Gasteiger partial charge in [0.25, 0.3) is 0 Å². The summed E-state index contributed by atoms with van der Waals surface area (Å²) in [6, 6.07) is 60.7. The summed E-state index contributed by atoms with van der Waals surface area (Å²) in [7, 11) is 43.2. The zero-order valence-corrected chi connectivity index (χ0v) is 81.6. The van der Waals surface area contributed by atoms with E-state index >= 15 is 0 Å². The Kier molecular flexibility index (Phi) is 39.7. The van der Waals surface area contributed by atoms with Crippen molar-refractivity contribution in [1.82, 2.24) is 9.80 Å². The van der Waals surface area contributed by atoms with Crippen LogP contribution in [0.1, 0.15) is 187 Å². The second-order valence-corrected chi connectivity index (χ2v) is 48.9. The molecule has 0 N–H and O–H groups in total. The Labute approximate surface area is 735 Å². The van der Waals surface area contributed by atoms with E-state index in [2.05, 4.69) is 303 Å². The van der Waals surface area contributed by atoms with Gasteiger partial charge in [0.2, 0.25) is 0 Å². The first-order valence-corrected chi connectivity index (χ1v) is 55.9. The zero-order chi connectivity index (χ0) is 85.4. The molecule has 21 heteroatoms. The molecule has 0 spiro atoms. The molecule has 12 nitrogen and oxygen atoms in total. The molecule has 3 saturated heterocycles. The van der Waals surface area contributed by atoms with Crippen molar-refractivity contribution >= 4 is 112 Å². The third kappa shape index (κ3) is 29.2. The van der Waals surface area contributed by atoms with E-state index in [4.69, 9.17) is 62.9 Å². The van der Waals surface area contributed by atoms with Crippen LogP contribution in [0.4, 0.5) is 39.8 Å². The van der Waals surface area contributed by atoms with Crippen LogP contribution in [0.25, 0.3) is 0 Å². The van der Waals surface area contributed by atoms with E-state index in [1.807, 2.05) is 75.5 Å². The Hall–Kier alpha value is -5.88. The van der Waals surface area contributed by atoms with Gasteiger partial charge in [-0.3, -0.25) is 0 Å². The number of nitrogens with zero attached hydrogens (tertiary/aromatic N) is 9. The van der Waals surface area contributed by atoms with Crippen LogP contribution in [0.15, 0.2) is 176 Å². The van der Waals surface area contributed by atoms with Gasteiger partial charge in [-0.25, -0.2) is 0 Å². The molecule has 12 rings (SSSR count). The molecular formula is C95H122Cl6N9O3Ru3-3. The number of benzene rings is 9. The first kappa shape index (κ1) is 97.2. The van der Waals surface area contributed by atoms with Crippen molar-refractivity contribution < 1.29 is 50.2 Å². The summed E-state index contributed by atoms with van der Waals surface area (Å²) in [5.74, 6) is 2.62. The molecule has 0 aliphatic carbocycles. The Morgan fingerprint density at radius 3 is 1.00 bits per heavy atom. The Morgan fingerprint density at radius 2 is 0.690 bits per heavy atom. The van der Waals surface area contributed by atoms with Crippen LogP contribution in [0.5, 0.6) is 5.75 Å². The van der Waals surface area contributed by atoms with Gasteiger partial charge in [-0.15, -0.1) is 0 Å². The summed E-state index contributed by atoms with van der Waals surface area (Å²) >= 11 is -5.46. The molecule has 9 aromatic rings. The predicted molar refractivity (Wildman–Crippen MR) is 497 cm³/mol. The van der Waals surface area contributed by atoms with Crippen LogP contribution in [0.3, 0.4) is 0 Å². The maximum absolute atomic E-state index is 10.7. The van der Waals surface area contributed by atoms with Crippen molar-refractivity contribution in [3.63, 3.8) is 0 Å². The zero-order valence-electron chi connectivity index (χ0n) is 71.8. The molecule has 0 saturated carbocycles. The van der Waals surface area contributed by atoms with Gasteiger partial charge >= 0.3 is 309 Å². The predicted octanol–water partition coefficient (Wildman–Crippen LogP) is 25.5. The number of hydrogen-bond donors (Lipinski definition) is 0. The van der Waals surface area contributed by atoms with E-state index in [9.17, 15) is 10.1 Å². The third-order valence-electron chi connectivity index (χ3n) is 19.7. The molecule has 0 radical (unpaired) electrons. The molecule has 634 valence electrons. The van der Waals surface area contributed by atoms with Crippen molar-refractivity contribution in [1.29, 1.82) is 0 Å². The Bertz CT molecular complexity index is 4460. The normalized spacial score (nSPS) is 13.6. The number of aryl methyl sites for hydroxylation is 8. The Balaban J connectivity index is 0.000000196. The van der Waals surface area contributed by atoms with Gasteiger partial charge < -0.3 is 29.4 Å². The van der Waals surface area contributed by atoms with E-state index in [1.54, 1.807) is 10.7 Å². The van der Waals surface area contributed by atoms with Gasteiger partial charge in [0, 0.05) is 73.4 Å². The molecule has 0 atom stereocenters. The van der Waals surface area contributed by atoms with Crippen molar-refractivity contribution in [3.8, 4) is 5.75 Å². The van der Waals surface area contributed by atoms with Crippen molar-refractivity contribution in [2.24, 2.45) is 0 Å². The van der Waals surface area contributed by atoms with Crippen LogP contribution < -0.4 is 34.1 Å². The third-order valence-corrected chi connectivity index (χ3v) is 25.2. The fraction of sp³-hybridized carbons (Fsp3) is 0.368. The second-order valence-electron chi connectivity index (χ2n) is 31.7. The maximum Gasteiger partial charge on any atom is 0.0146 e. The number of non-ortho nitro benzene ring substituents is 1. The number of nitro benzene ring substituents is 1. The summed E-state index contributed by atoms with van der Waals surface area (Å²) in [6.07, 6.45) is -0.0186. The number of halogens is 6. The van der Waals surface area contributed by atoms with Gasteiger partial charge in [0.15, 0.2) is 0 Å². The monoisotopic (exact) mass is 1950 g/mol. The van der Waals surface area contributed by atoms with E-state index in [0.717, 1.165) is 52.4 Å².